The summed E-state index contributed by atoms with van der Waals surface area (Å²) >= 11 is 12.0. The van der Waals surface area contributed by atoms with Gasteiger partial charge in [-0.05, 0) is 37.5 Å². The third kappa shape index (κ3) is 1.67. The highest BCUT2D eigenvalue weighted by Gasteiger charge is 2.31. The second kappa shape index (κ2) is 3.56. The number of halogens is 2. The van der Waals surface area contributed by atoms with Crippen LogP contribution in [0.1, 0.15) is 28.8 Å². The van der Waals surface area contributed by atoms with Crippen LogP contribution < -0.4 is 0 Å². The van der Waals surface area contributed by atoms with E-state index in [1.54, 1.807) is 12.1 Å². The van der Waals surface area contributed by atoms with Crippen molar-refractivity contribution in [1.29, 1.82) is 0 Å². The highest BCUT2D eigenvalue weighted by atomic mass is 35.5. The van der Waals surface area contributed by atoms with Crippen LogP contribution in [0.25, 0.3) is 0 Å². The SMILES string of the molecule is Cc1c(Cl)ccc(C(=O)C2CC2)c1Cl. The van der Waals surface area contributed by atoms with Crippen LogP contribution in [0.15, 0.2) is 12.1 Å². The van der Waals surface area contributed by atoms with E-state index in [9.17, 15) is 4.79 Å². The maximum absolute atomic E-state index is 11.8. The van der Waals surface area contributed by atoms with Crippen molar-refractivity contribution < 1.29 is 4.79 Å². The van der Waals surface area contributed by atoms with E-state index in [-0.39, 0.29) is 11.7 Å². The Hall–Kier alpha value is -0.530. The lowest BCUT2D eigenvalue weighted by molar-refractivity contribution is 0.0967. The smallest absolute Gasteiger partial charge is 0.167 e. The minimum absolute atomic E-state index is 0.162. The molecule has 1 saturated carbocycles. The molecule has 1 aliphatic carbocycles. The number of rotatable bonds is 2. The highest BCUT2D eigenvalue weighted by molar-refractivity contribution is 6.38. The average molecular weight is 229 g/mol. The lowest BCUT2D eigenvalue weighted by Gasteiger charge is -2.06. The largest absolute Gasteiger partial charge is 0.294 e. The van der Waals surface area contributed by atoms with Crippen LogP contribution in [0.3, 0.4) is 0 Å². The second-order valence-electron chi connectivity index (χ2n) is 3.67. The third-order valence-corrected chi connectivity index (χ3v) is 3.43. The fourth-order valence-corrected chi connectivity index (χ4v) is 1.88. The minimum Gasteiger partial charge on any atom is -0.294 e. The lowest BCUT2D eigenvalue weighted by Crippen LogP contribution is -2.03. The van der Waals surface area contributed by atoms with E-state index in [0.717, 1.165) is 18.4 Å². The van der Waals surface area contributed by atoms with Gasteiger partial charge in [0.1, 0.15) is 0 Å². The molecule has 0 spiro atoms. The summed E-state index contributed by atoms with van der Waals surface area (Å²) in [5, 5.41) is 1.12. The van der Waals surface area contributed by atoms with Gasteiger partial charge in [-0.25, -0.2) is 0 Å². The van der Waals surface area contributed by atoms with Crippen molar-refractivity contribution >= 4 is 29.0 Å². The maximum atomic E-state index is 11.8. The van der Waals surface area contributed by atoms with Gasteiger partial charge in [-0.2, -0.15) is 0 Å². The Balaban J connectivity index is 2.43. The lowest BCUT2D eigenvalue weighted by atomic mass is 10.0. The first kappa shape index (κ1) is 10.0. The van der Waals surface area contributed by atoms with E-state index >= 15 is 0 Å². The van der Waals surface area contributed by atoms with Gasteiger partial charge in [-0.3, -0.25) is 4.79 Å². The number of ketones is 1. The first-order valence-corrected chi connectivity index (χ1v) is 5.35. The summed E-state index contributed by atoms with van der Waals surface area (Å²) in [5.41, 5.74) is 1.41. The molecule has 0 aliphatic heterocycles. The molecule has 1 nitrogen and oxygen atoms in total. The van der Waals surface area contributed by atoms with Crippen molar-refractivity contribution in [3.63, 3.8) is 0 Å². The Kier molecular flexibility index (Phi) is 2.54. The van der Waals surface area contributed by atoms with Crippen molar-refractivity contribution in [3.05, 3.63) is 33.3 Å². The fraction of sp³-hybridized carbons (Fsp3) is 0.364. The van der Waals surface area contributed by atoms with Crippen molar-refractivity contribution in [2.24, 2.45) is 5.92 Å². The molecule has 0 unspecified atom stereocenters. The Morgan fingerprint density at radius 2 is 2.00 bits per heavy atom. The van der Waals surface area contributed by atoms with E-state index in [4.69, 9.17) is 23.2 Å². The van der Waals surface area contributed by atoms with Gasteiger partial charge in [-0.15, -0.1) is 0 Å². The summed E-state index contributed by atoms with van der Waals surface area (Å²) in [7, 11) is 0. The summed E-state index contributed by atoms with van der Waals surface area (Å²) in [6.07, 6.45) is 1.99. The fourth-order valence-electron chi connectivity index (χ4n) is 1.42. The molecule has 1 fully saturated rings. The van der Waals surface area contributed by atoms with E-state index in [2.05, 4.69) is 0 Å². The number of hydrogen-bond donors (Lipinski definition) is 0. The summed E-state index contributed by atoms with van der Waals surface area (Å²) in [4.78, 5) is 11.8. The average Bonchev–Trinajstić information content (AvgIpc) is 2.97. The van der Waals surface area contributed by atoms with E-state index in [0.29, 0.717) is 15.6 Å². The normalized spacial score (nSPS) is 15.6. The summed E-state index contributed by atoms with van der Waals surface area (Å²) in [6, 6.07) is 3.46. The number of Topliss-reactive ketones (excluding diaryl/α,β-unsaturated/α-hetero) is 1. The van der Waals surface area contributed by atoms with Crippen molar-refractivity contribution in [2.45, 2.75) is 19.8 Å². The standard InChI is InChI=1S/C11H10Cl2O/c1-6-9(12)5-4-8(10(6)13)11(14)7-2-3-7/h4-5,7H,2-3H2,1H3. The van der Waals surface area contributed by atoms with E-state index in [1.165, 1.54) is 0 Å². The molecule has 0 bridgehead atoms. The predicted molar refractivity (Wildman–Crippen MR) is 58.3 cm³/mol. The zero-order valence-electron chi connectivity index (χ0n) is 7.81. The Labute approximate surface area is 93.0 Å². The zero-order chi connectivity index (χ0) is 10.3. The molecule has 14 heavy (non-hydrogen) atoms. The third-order valence-electron chi connectivity index (χ3n) is 2.53. The molecule has 1 aromatic rings. The van der Waals surface area contributed by atoms with Gasteiger partial charge >= 0.3 is 0 Å². The molecular weight excluding hydrogens is 219 g/mol. The molecule has 0 radical (unpaired) electrons. The molecule has 0 saturated heterocycles. The molecule has 1 aromatic carbocycles. The topological polar surface area (TPSA) is 17.1 Å². The predicted octanol–water partition coefficient (Wildman–Crippen LogP) is 3.89. The summed E-state index contributed by atoms with van der Waals surface area (Å²) < 4.78 is 0. The zero-order valence-corrected chi connectivity index (χ0v) is 9.32. The summed E-state index contributed by atoms with van der Waals surface area (Å²) in [6.45, 7) is 1.83. The van der Waals surface area contributed by atoms with E-state index in [1.807, 2.05) is 6.92 Å². The minimum atomic E-state index is 0.162. The van der Waals surface area contributed by atoms with Crippen LogP contribution >= 0.6 is 23.2 Å². The number of carbonyl (C=O) groups is 1. The van der Waals surface area contributed by atoms with Crippen molar-refractivity contribution in [2.75, 3.05) is 0 Å². The second-order valence-corrected chi connectivity index (χ2v) is 4.46. The molecule has 3 heteroatoms. The van der Waals surface area contributed by atoms with Gasteiger partial charge in [0, 0.05) is 16.5 Å². The Morgan fingerprint density at radius 1 is 1.36 bits per heavy atom. The molecule has 0 atom stereocenters. The van der Waals surface area contributed by atoms with Crippen LogP contribution in [0.4, 0.5) is 0 Å². The molecule has 0 heterocycles. The molecular formula is C11H10Cl2O. The van der Waals surface area contributed by atoms with E-state index < -0.39 is 0 Å². The van der Waals surface area contributed by atoms with Crippen molar-refractivity contribution in [3.8, 4) is 0 Å². The number of carbonyl (C=O) groups excluding carboxylic acids is 1. The van der Waals surface area contributed by atoms with Gasteiger partial charge < -0.3 is 0 Å². The van der Waals surface area contributed by atoms with Crippen LogP contribution in [0.2, 0.25) is 10.0 Å². The highest BCUT2D eigenvalue weighted by Crippen LogP contribution is 2.36. The first-order valence-electron chi connectivity index (χ1n) is 4.60. The molecule has 2 rings (SSSR count). The van der Waals surface area contributed by atoms with Gasteiger partial charge in [0.05, 0.1) is 5.02 Å². The van der Waals surface area contributed by atoms with Crippen LogP contribution in [0.5, 0.6) is 0 Å². The quantitative estimate of drug-likeness (QED) is 0.703. The molecule has 1 aliphatic rings. The Bertz CT molecular complexity index is 395. The molecule has 0 amide bonds. The first-order chi connectivity index (χ1) is 6.61. The van der Waals surface area contributed by atoms with Gasteiger partial charge in [0.2, 0.25) is 0 Å². The Morgan fingerprint density at radius 3 is 2.57 bits per heavy atom. The number of benzene rings is 1. The van der Waals surface area contributed by atoms with Crippen LogP contribution in [-0.2, 0) is 0 Å². The number of hydrogen-bond acceptors (Lipinski definition) is 1. The van der Waals surface area contributed by atoms with Crippen molar-refractivity contribution in [1.82, 2.24) is 0 Å². The molecule has 74 valence electrons. The molecule has 0 N–H and O–H groups in total. The monoisotopic (exact) mass is 228 g/mol. The van der Waals surface area contributed by atoms with Gasteiger partial charge in [0.15, 0.2) is 5.78 Å². The van der Waals surface area contributed by atoms with Gasteiger partial charge in [-0.1, -0.05) is 23.2 Å². The van der Waals surface area contributed by atoms with Crippen LogP contribution in [-0.4, -0.2) is 5.78 Å². The van der Waals surface area contributed by atoms with Gasteiger partial charge in [0.25, 0.3) is 0 Å². The maximum Gasteiger partial charge on any atom is 0.167 e. The molecule has 0 aromatic heterocycles. The van der Waals surface area contributed by atoms with Crippen LogP contribution in [0, 0.1) is 12.8 Å². The summed E-state index contributed by atoms with van der Waals surface area (Å²) in [5.74, 6) is 0.364.